The van der Waals surface area contributed by atoms with Crippen molar-refractivity contribution in [2.75, 3.05) is 13.2 Å². The molecule has 0 amide bonds. The van der Waals surface area contributed by atoms with Gasteiger partial charge in [0.25, 0.3) is 0 Å². The minimum Gasteiger partial charge on any atom is -0.491 e. The van der Waals surface area contributed by atoms with Crippen molar-refractivity contribution in [3.05, 3.63) is 35.9 Å². The van der Waals surface area contributed by atoms with Gasteiger partial charge >= 0.3 is 0 Å². The van der Waals surface area contributed by atoms with Gasteiger partial charge in [-0.25, -0.2) is 0 Å². The Bertz CT molecular complexity index is 305. The van der Waals surface area contributed by atoms with Crippen LogP contribution in [0, 0.1) is 0 Å². The molecule has 0 aliphatic carbocycles. The number of allylic oxidation sites excluding steroid dienone is 1. The maximum Gasteiger partial charge on any atom is 0.126 e. The first-order valence-corrected chi connectivity index (χ1v) is 5.37. The molecule has 0 aliphatic heterocycles. The summed E-state index contributed by atoms with van der Waals surface area (Å²) in [5.41, 5.74) is 1.07. The Morgan fingerprint density at radius 1 is 1.33 bits per heavy atom. The largest absolute Gasteiger partial charge is 0.491 e. The van der Waals surface area contributed by atoms with Crippen LogP contribution < -0.4 is 4.74 Å². The number of para-hydroxylation sites is 1. The van der Waals surface area contributed by atoms with E-state index in [4.69, 9.17) is 9.84 Å². The number of aliphatic hydroxyl groups is 1. The van der Waals surface area contributed by atoms with E-state index < -0.39 is 0 Å². The smallest absolute Gasteiger partial charge is 0.126 e. The average molecular weight is 206 g/mol. The molecule has 2 heteroatoms. The van der Waals surface area contributed by atoms with Crippen LogP contribution in [0.3, 0.4) is 0 Å². The van der Waals surface area contributed by atoms with E-state index in [0.717, 1.165) is 24.2 Å². The molecule has 1 aromatic rings. The predicted molar refractivity (Wildman–Crippen MR) is 63.0 cm³/mol. The van der Waals surface area contributed by atoms with Gasteiger partial charge in [0, 0.05) is 5.56 Å². The summed E-state index contributed by atoms with van der Waals surface area (Å²) >= 11 is 0. The van der Waals surface area contributed by atoms with Crippen molar-refractivity contribution in [1.82, 2.24) is 0 Å². The van der Waals surface area contributed by atoms with Crippen molar-refractivity contribution < 1.29 is 9.84 Å². The third kappa shape index (κ3) is 4.17. The van der Waals surface area contributed by atoms with Crippen molar-refractivity contribution in [3.8, 4) is 5.75 Å². The molecule has 0 heterocycles. The molecule has 0 aromatic heterocycles. The van der Waals surface area contributed by atoms with Gasteiger partial charge in [-0.3, -0.25) is 0 Å². The van der Waals surface area contributed by atoms with Crippen molar-refractivity contribution in [2.45, 2.75) is 19.8 Å². The number of hydrogen-bond donors (Lipinski definition) is 1. The van der Waals surface area contributed by atoms with E-state index in [-0.39, 0.29) is 6.61 Å². The number of rotatable bonds is 6. The highest BCUT2D eigenvalue weighted by Gasteiger charge is 1.97. The summed E-state index contributed by atoms with van der Waals surface area (Å²) in [6.45, 7) is 2.55. The standard InChI is InChI=1S/C13H18O2/c1-2-3-4-7-12-8-5-6-9-13(12)15-11-10-14/h4-9,14H,2-3,10-11H2,1H3/b7-4+. The Kier molecular flexibility index (Phi) is 5.56. The summed E-state index contributed by atoms with van der Waals surface area (Å²) in [4.78, 5) is 0. The first-order valence-electron chi connectivity index (χ1n) is 5.37. The summed E-state index contributed by atoms with van der Waals surface area (Å²) in [6.07, 6.45) is 6.43. The summed E-state index contributed by atoms with van der Waals surface area (Å²) in [7, 11) is 0. The maximum absolute atomic E-state index is 8.69. The van der Waals surface area contributed by atoms with Crippen LogP contribution in [-0.2, 0) is 0 Å². The Labute approximate surface area is 91.2 Å². The minimum absolute atomic E-state index is 0.0486. The van der Waals surface area contributed by atoms with Crippen LogP contribution in [-0.4, -0.2) is 18.3 Å². The maximum atomic E-state index is 8.69. The van der Waals surface area contributed by atoms with Crippen molar-refractivity contribution in [1.29, 1.82) is 0 Å². The van der Waals surface area contributed by atoms with Gasteiger partial charge in [-0.2, -0.15) is 0 Å². The van der Waals surface area contributed by atoms with Gasteiger partial charge in [0.2, 0.25) is 0 Å². The van der Waals surface area contributed by atoms with Gasteiger partial charge in [0.1, 0.15) is 12.4 Å². The van der Waals surface area contributed by atoms with Crippen LogP contribution in [0.15, 0.2) is 30.3 Å². The van der Waals surface area contributed by atoms with Gasteiger partial charge in [-0.15, -0.1) is 0 Å². The van der Waals surface area contributed by atoms with Gasteiger partial charge in [-0.1, -0.05) is 43.7 Å². The zero-order valence-corrected chi connectivity index (χ0v) is 9.15. The zero-order chi connectivity index (χ0) is 10.9. The SMILES string of the molecule is CCC/C=C/c1ccccc1OCCO. The summed E-state index contributed by atoms with van der Waals surface area (Å²) < 4.78 is 5.42. The van der Waals surface area contributed by atoms with Crippen LogP contribution in [0.2, 0.25) is 0 Å². The fraction of sp³-hybridized carbons (Fsp3) is 0.385. The molecule has 2 nitrogen and oxygen atoms in total. The van der Waals surface area contributed by atoms with Crippen LogP contribution in [0.1, 0.15) is 25.3 Å². The van der Waals surface area contributed by atoms with E-state index in [1.165, 1.54) is 0 Å². The molecule has 0 saturated carbocycles. The van der Waals surface area contributed by atoms with E-state index >= 15 is 0 Å². The fourth-order valence-electron chi connectivity index (χ4n) is 1.28. The molecule has 0 atom stereocenters. The number of ether oxygens (including phenoxy) is 1. The highest BCUT2D eigenvalue weighted by Crippen LogP contribution is 2.19. The molecule has 0 bridgehead atoms. The van der Waals surface area contributed by atoms with Crippen LogP contribution in [0.5, 0.6) is 5.75 Å². The third-order valence-corrected chi connectivity index (χ3v) is 2.02. The molecule has 0 unspecified atom stereocenters. The van der Waals surface area contributed by atoms with Gasteiger partial charge in [-0.05, 0) is 12.5 Å². The fourth-order valence-corrected chi connectivity index (χ4v) is 1.28. The average Bonchev–Trinajstić information content (AvgIpc) is 2.28. The van der Waals surface area contributed by atoms with E-state index in [0.29, 0.717) is 6.61 Å². The highest BCUT2D eigenvalue weighted by atomic mass is 16.5. The Morgan fingerprint density at radius 3 is 2.87 bits per heavy atom. The highest BCUT2D eigenvalue weighted by molar-refractivity contribution is 5.57. The molecular formula is C13H18O2. The van der Waals surface area contributed by atoms with Gasteiger partial charge in [0.05, 0.1) is 6.61 Å². The molecule has 0 fully saturated rings. The Balaban J connectivity index is 2.67. The molecule has 0 radical (unpaired) electrons. The minimum atomic E-state index is 0.0486. The first-order chi connectivity index (χ1) is 7.38. The molecule has 0 saturated heterocycles. The molecule has 0 aliphatic rings. The second kappa shape index (κ2) is 7.07. The van der Waals surface area contributed by atoms with Crippen molar-refractivity contribution >= 4 is 6.08 Å². The topological polar surface area (TPSA) is 29.5 Å². The lowest BCUT2D eigenvalue weighted by Crippen LogP contribution is -2.02. The quantitative estimate of drug-likeness (QED) is 0.775. The monoisotopic (exact) mass is 206 g/mol. The number of hydrogen-bond acceptors (Lipinski definition) is 2. The molecule has 15 heavy (non-hydrogen) atoms. The normalized spacial score (nSPS) is 10.8. The molecule has 1 N–H and O–H groups in total. The molecular weight excluding hydrogens is 188 g/mol. The Morgan fingerprint density at radius 2 is 2.13 bits per heavy atom. The van der Waals surface area contributed by atoms with Crippen LogP contribution >= 0.6 is 0 Å². The van der Waals surface area contributed by atoms with E-state index in [1.54, 1.807) is 0 Å². The number of unbranched alkanes of at least 4 members (excludes halogenated alkanes) is 1. The van der Waals surface area contributed by atoms with Gasteiger partial charge < -0.3 is 9.84 Å². The molecule has 1 aromatic carbocycles. The summed E-state index contributed by atoms with van der Waals surface area (Å²) in [5.74, 6) is 0.832. The van der Waals surface area contributed by atoms with E-state index in [2.05, 4.69) is 19.1 Å². The molecule has 0 spiro atoms. The second-order valence-corrected chi connectivity index (χ2v) is 3.30. The first kappa shape index (κ1) is 11.8. The van der Waals surface area contributed by atoms with E-state index in [1.807, 2.05) is 24.3 Å². The third-order valence-electron chi connectivity index (χ3n) is 2.02. The molecule has 82 valence electrons. The van der Waals surface area contributed by atoms with Crippen LogP contribution in [0.25, 0.3) is 6.08 Å². The lowest BCUT2D eigenvalue weighted by Gasteiger charge is -2.07. The Hall–Kier alpha value is -1.28. The zero-order valence-electron chi connectivity index (χ0n) is 9.15. The predicted octanol–water partition coefficient (Wildman–Crippen LogP) is 2.87. The summed E-state index contributed by atoms with van der Waals surface area (Å²) in [6, 6.07) is 7.85. The number of benzene rings is 1. The second-order valence-electron chi connectivity index (χ2n) is 3.30. The number of aliphatic hydroxyl groups excluding tert-OH is 1. The van der Waals surface area contributed by atoms with Crippen molar-refractivity contribution in [2.24, 2.45) is 0 Å². The van der Waals surface area contributed by atoms with E-state index in [9.17, 15) is 0 Å². The molecule has 1 rings (SSSR count). The van der Waals surface area contributed by atoms with Gasteiger partial charge in [0.15, 0.2) is 0 Å². The lowest BCUT2D eigenvalue weighted by molar-refractivity contribution is 0.201. The van der Waals surface area contributed by atoms with Crippen LogP contribution in [0.4, 0.5) is 0 Å². The van der Waals surface area contributed by atoms with Crippen molar-refractivity contribution in [3.63, 3.8) is 0 Å². The summed E-state index contributed by atoms with van der Waals surface area (Å²) in [5, 5.41) is 8.69. The lowest BCUT2D eigenvalue weighted by atomic mass is 10.1.